The van der Waals surface area contributed by atoms with E-state index in [0.29, 0.717) is 11.8 Å². The third kappa shape index (κ3) is 2.09. The SMILES string of the molecule is O=C(NNC(=O)C12CC3CC(CC(Br)(C3)C1)C2)C1CC1. The molecule has 5 fully saturated rings. The number of carbonyl (C=O) groups is 2. The predicted octanol–water partition coefficient (Wildman–Crippen LogP) is 2.28. The van der Waals surface area contributed by atoms with Crippen LogP contribution in [0.1, 0.15) is 51.4 Å². The molecule has 5 aliphatic rings. The molecular weight excluding hydrogens is 320 g/mol. The van der Waals surface area contributed by atoms with Crippen LogP contribution in [0.15, 0.2) is 0 Å². The Morgan fingerprint density at radius 1 is 1.00 bits per heavy atom. The zero-order chi connectivity index (χ0) is 14.0. The summed E-state index contributed by atoms with van der Waals surface area (Å²) < 4.78 is 0.176. The summed E-state index contributed by atoms with van der Waals surface area (Å²) in [6.07, 6.45) is 8.57. The van der Waals surface area contributed by atoms with Gasteiger partial charge in [0, 0.05) is 10.2 Å². The van der Waals surface area contributed by atoms with Gasteiger partial charge in [0.2, 0.25) is 11.8 Å². The van der Waals surface area contributed by atoms with Gasteiger partial charge >= 0.3 is 0 Å². The van der Waals surface area contributed by atoms with Crippen LogP contribution in [0.25, 0.3) is 0 Å². The molecule has 110 valence electrons. The molecule has 5 saturated carbocycles. The normalized spacial score (nSPS) is 45.2. The molecule has 2 unspecified atom stereocenters. The van der Waals surface area contributed by atoms with Crippen molar-refractivity contribution >= 4 is 27.7 Å². The van der Waals surface area contributed by atoms with E-state index in [4.69, 9.17) is 0 Å². The molecule has 20 heavy (non-hydrogen) atoms. The zero-order valence-corrected chi connectivity index (χ0v) is 13.2. The summed E-state index contributed by atoms with van der Waals surface area (Å²) >= 11 is 3.91. The number of amides is 2. The molecule has 4 nitrogen and oxygen atoms in total. The highest BCUT2D eigenvalue weighted by Crippen LogP contribution is 2.64. The van der Waals surface area contributed by atoms with Gasteiger partial charge in [0.15, 0.2) is 0 Å². The van der Waals surface area contributed by atoms with Gasteiger partial charge in [-0.1, -0.05) is 15.9 Å². The van der Waals surface area contributed by atoms with E-state index in [2.05, 4.69) is 26.8 Å². The Balaban J connectivity index is 1.46. The number of nitrogens with one attached hydrogen (secondary N) is 2. The Bertz CT molecular complexity index is 460. The van der Waals surface area contributed by atoms with Gasteiger partial charge in [-0.25, -0.2) is 0 Å². The lowest BCUT2D eigenvalue weighted by molar-refractivity contribution is -0.147. The summed E-state index contributed by atoms with van der Waals surface area (Å²) in [4.78, 5) is 24.3. The average Bonchev–Trinajstić information content (AvgIpc) is 3.16. The lowest BCUT2D eigenvalue weighted by Gasteiger charge is -2.59. The number of rotatable bonds is 2. The third-order valence-corrected chi connectivity index (χ3v) is 6.65. The molecule has 0 radical (unpaired) electrons. The predicted molar refractivity (Wildman–Crippen MR) is 77.8 cm³/mol. The fourth-order valence-corrected chi connectivity index (χ4v) is 6.57. The quantitative estimate of drug-likeness (QED) is 0.598. The summed E-state index contributed by atoms with van der Waals surface area (Å²) in [5, 5.41) is 0. The van der Waals surface area contributed by atoms with Crippen LogP contribution in [0, 0.1) is 23.2 Å². The topological polar surface area (TPSA) is 58.2 Å². The minimum Gasteiger partial charge on any atom is -0.273 e. The molecule has 0 aromatic rings. The third-order valence-electron chi connectivity index (χ3n) is 5.72. The van der Waals surface area contributed by atoms with Gasteiger partial charge in [-0.2, -0.15) is 0 Å². The number of alkyl halides is 1. The summed E-state index contributed by atoms with van der Waals surface area (Å²) in [6, 6.07) is 0. The maximum Gasteiger partial charge on any atom is 0.244 e. The molecule has 0 spiro atoms. The maximum absolute atomic E-state index is 12.6. The van der Waals surface area contributed by atoms with Gasteiger partial charge in [-0.15, -0.1) is 0 Å². The molecular formula is C15H21BrN2O2. The Hall–Kier alpha value is -0.580. The number of hydrazine groups is 1. The maximum atomic E-state index is 12.6. The fourth-order valence-electron chi connectivity index (χ4n) is 5.11. The standard InChI is InChI=1S/C15H21BrN2O2/c16-15-6-9-3-10(7-15)5-14(4-9,8-15)13(20)18-17-12(19)11-1-2-11/h9-11H,1-8H2,(H,17,19)(H,18,20). The molecule has 0 aromatic heterocycles. The van der Waals surface area contributed by atoms with Crippen molar-refractivity contribution in [3.63, 3.8) is 0 Å². The van der Waals surface area contributed by atoms with E-state index in [1.807, 2.05) is 0 Å². The molecule has 0 saturated heterocycles. The highest BCUT2D eigenvalue weighted by molar-refractivity contribution is 9.10. The Morgan fingerprint density at radius 3 is 2.20 bits per heavy atom. The summed E-state index contributed by atoms with van der Waals surface area (Å²) in [5.41, 5.74) is 5.10. The first-order chi connectivity index (χ1) is 9.48. The summed E-state index contributed by atoms with van der Waals surface area (Å²) in [5.74, 6) is 1.52. The first kappa shape index (κ1) is 13.1. The molecule has 5 heteroatoms. The van der Waals surface area contributed by atoms with Crippen LogP contribution in [0.4, 0.5) is 0 Å². The molecule has 0 aliphatic heterocycles. The fraction of sp³-hybridized carbons (Fsp3) is 0.867. The molecule has 0 aromatic carbocycles. The molecule has 2 N–H and O–H groups in total. The Morgan fingerprint density at radius 2 is 1.65 bits per heavy atom. The number of hydrogen-bond acceptors (Lipinski definition) is 2. The minimum atomic E-state index is -0.246. The molecule has 2 amide bonds. The van der Waals surface area contributed by atoms with E-state index in [1.54, 1.807) is 0 Å². The first-order valence-electron chi connectivity index (χ1n) is 7.77. The molecule has 0 heterocycles. The van der Waals surface area contributed by atoms with Crippen molar-refractivity contribution in [2.45, 2.75) is 55.7 Å². The zero-order valence-electron chi connectivity index (χ0n) is 11.6. The monoisotopic (exact) mass is 340 g/mol. The lowest BCUT2D eigenvalue weighted by Crippen LogP contribution is -2.60. The Kier molecular flexibility index (Phi) is 2.76. The van der Waals surface area contributed by atoms with Gasteiger partial charge in [0.05, 0.1) is 5.41 Å². The number of halogens is 1. The largest absolute Gasteiger partial charge is 0.273 e. The van der Waals surface area contributed by atoms with E-state index in [-0.39, 0.29) is 27.5 Å². The highest BCUT2D eigenvalue weighted by atomic mass is 79.9. The van der Waals surface area contributed by atoms with Gasteiger partial charge in [0.25, 0.3) is 0 Å². The van der Waals surface area contributed by atoms with Crippen LogP contribution in [-0.4, -0.2) is 16.1 Å². The van der Waals surface area contributed by atoms with Crippen molar-refractivity contribution < 1.29 is 9.59 Å². The van der Waals surface area contributed by atoms with Crippen LogP contribution in [-0.2, 0) is 9.59 Å². The van der Waals surface area contributed by atoms with Crippen molar-refractivity contribution in [2.24, 2.45) is 23.2 Å². The van der Waals surface area contributed by atoms with Crippen molar-refractivity contribution in [1.29, 1.82) is 0 Å². The first-order valence-corrected chi connectivity index (χ1v) is 8.57. The van der Waals surface area contributed by atoms with Crippen LogP contribution in [0.2, 0.25) is 0 Å². The van der Waals surface area contributed by atoms with Crippen molar-refractivity contribution in [3.8, 4) is 0 Å². The molecule has 2 atom stereocenters. The minimum absolute atomic E-state index is 0.0170. The van der Waals surface area contributed by atoms with Crippen molar-refractivity contribution in [1.82, 2.24) is 10.9 Å². The summed E-state index contributed by atoms with van der Waals surface area (Å²) in [7, 11) is 0. The van der Waals surface area contributed by atoms with Crippen molar-refractivity contribution in [3.05, 3.63) is 0 Å². The smallest absolute Gasteiger partial charge is 0.244 e. The van der Waals surface area contributed by atoms with Gasteiger partial charge in [-0.3, -0.25) is 20.4 Å². The second-order valence-corrected chi connectivity index (χ2v) is 9.29. The summed E-state index contributed by atoms with van der Waals surface area (Å²) in [6.45, 7) is 0. The van der Waals surface area contributed by atoms with Gasteiger partial charge < -0.3 is 0 Å². The van der Waals surface area contributed by atoms with Crippen LogP contribution in [0.5, 0.6) is 0 Å². The van der Waals surface area contributed by atoms with E-state index < -0.39 is 0 Å². The van der Waals surface area contributed by atoms with Gasteiger partial charge in [0.1, 0.15) is 0 Å². The van der Waals surface area contributed by atoms with Gasteiger partial charge in [-0.05, 0) is 63.2 Å². The molecule has 5 aliphatic carbocycles. The second kappa shape index (κ2) is 4.21. The molecule has 5 rings (SSSR count). The molecule has 4 bridgehead atoms. The number of carbonyl (C=O) groups excluding carboxylic acids is 2. The second-order valence-electron chi connectivity index (χ2n) is 7.61. The lowest BCUT2D eigenvalue weighted by atomic mass is 9.49. The van der Waals surface area contributed by atoms with Crippen molar-refractivity contribution in [2.75, 3.05) is 0 Å². The Labute approximate surface area is 127 Å². The van der Waals surface area contributed by atoms with Crippen LogP contribution < -0.4 is 10.9 Å². The average molecular weight is 341 g/mol. The van der Waals surface area contributed by atoms with E-state index in [1.165, 1.54) is 19.3 Å². The van der Waals surface area contributed by atoms with E-state index >= 15 is 0 Å². The highest BCUT2D eigenvalue weighted by Gasteiger charge is 2.59. The van der Waals surface area contributed by atoms with E-state index in [9.17, 15) is 9.59 Å². The van der Waals surface area contributed by atoms with E-state index in [0.717, 1.165) is 32.1 Å². The number of hydrogen-bond donors (Lipinski definition) is 2. The van der Waals surface area contributed by atoms with Crippen LogP contribution >= 0.6 is 15.9 Å². The van der Waals surface area contributed by atoms with Crippen LogP contribution in [0.3, 0.4) is 0 Å².